The van der Waals surface area contributed by atoms with Crippen LogP contribution in [0.25, 0.3) is 0 Å². The van der Waals surface area contributed by atoms with E-state index in [2.05, 4.69) is 22.2 Å². The Bertz CT molecular complexity index is 264. The average Bonchev–Trinajstić information content (AvgIpc) is 2.12. The van der Waals surface area contributed by atoms with Crippen LogP contribution in [0.15, 0.2) is 12.4 Å². The minimum Gasteiger partial charge on any atom is -0.316 e. The molecule has 0 radical (unpaired) electrons. The number of nitrogens with zero attached hydrogens (tertiary/aromatic N) is 2. The summed E-state index contributed by atoms with van der Waals surface area (Å²) in [6.07, 6.45) is 5.92. The normalized spacial score (nSPS) is 17.0. The van der Waals surface area contributed by atoms with Crippen molar-refractivity contribution < 1.29 is 0 Å². The third-order valence-corrected chi connectivity index (χ3v) is 2.50. The molecule has 1 fully saturated rings. The molecule has 0 saturated carbocycles. The molecule has 13 heavy (non-hydrogen) atoms. The molecule has 3 heteroatoms. The first kappa shape index (κ1) is 8.63. The van der Waals surface area contributed by atoms with Crippen LogP contribution in [0.5, 0.6) is 0 Å². The summed E-state index contributed by atoms with van der Waals surface area (Å²) in [4.78, 5) is 8.66. The Morgan fingerprint density at radius 3 is 2.54 bits per heavy atom. The zero-order valence-corrected chi connectivity index (χ0v) is 7.95. The van der Waals surface area contributed by atoms with Crippen molar-refractivity contribution in [3.63, 3.8) is 0 Å². The topological polar surface area (TPSA) is 37.8 Å². The molecular formula is C10H15N3. The second-order valence-electron chi connectivity index (χ2n) is 3.59. The molecule has 2 rings (SSSR count). The van der Waals surface area contributed by atoms with Crippen LogP contribution in [0.4, 0.5) is 0 Å². The fourth-order valence-electron chi connectivity index (χ4n) is 1.42. The Morgan fingerprint density at radius 1 is 1.38 bits per heavy atom. The van der Waals surface area contributed by atoms with Gasteiger partial charge < -0.3 is 5.32 Å². The summed E-state index contributed by atoms with van der Waals surface area (Å²) in [7, 11) is 0. The number of aryl methyl sites for hydroxylation is 1. The molecule has 0 spiro atoms. The van der Waals surface area contributed by atoms with Crippen LogP contribution in [-0.2, 0) is 12.8 Å². The second kappa shape index (κ2) is 3.83. The maximum atomic E-state index is 4.33. The minimum atomic E-state index is 0.757. The molecule has 0 unspecified atom stereocenters. The van der Waals surface area contributed by atoms with E-state index >= 15 is 0 Å². The van der Waals surface area contributed by atoms with Crippen LogP contribution in [0, 0.1) is 5.92 Å². The Morgan fingerprint density at radius 2 is 2.08 bits per heavy atom. The predicted molar refractivity (Wildman–Crippen MR) is 51.5 cm³/mol. The SMILES string of the molecule is CCc1cnc(CC2CNC2)nc1. The van der Waals surface area contributed by atoms with Crippen molar-refractivity contribution in [3.05, 3.63) is 23.8 Å². The molecule has 1 aliphatic rings. The lowest BCUT2D eigenvalue weighted by molar-refractivity contribution is 0.341. The van der Waals surface area contributed by atoms with E-state index in [1.165, 1.54) is 5.56 Å². The van der Waals surface area contributed by atoms with Gasteiger partial charge in [0, 0.05) is 18.8 Å². The largest absolute Gasteiger partial charge is 0.316 e. The van der Waals surface area contributed by atoms with Gasteiger partial charge in [-0.05, 0) is 31.0 Å². The first-order chi connectivity index (χ1) is 6.38. The Kier molecular flexibility index (Phi) is 2.54. The first-order valence-electron chi connectivity index (χ1n) is 4.89. The summed E-state index contributed by atoms with van der Waals surface area (Å²) in [5, 5.41) is 3.25. The van der Waals surface area contributed by atoms with E-state index in [9.17, 15) is 0 Å². The summed E-state index contributed by atoms with van der Waals surface area (Å²) < 4.78 is 0. The number of nitrogens with one attached hydrogen (secondary N) is 1. The fraction of sp³-hybridized carbons (Fsp3) is 0.600. The lowest BCUT2D eigenvalue weighted by Crippen LogP contribution is -2.43. The highest BCUT2D eigenvalue weighted by Crippen LogP contribution is 2.08. The standard InChI is InChI=1S/C10H15N3/c1-2-8-6-12-10(13-7-8)3-9-4-11-5-9/h6-7,9,11H,2-5H2,1H3. The van der Waals surface area contributed by atoms with Crippen molar-refractivity contribution in [2.75, 3.05) is 13.1 Å². The van der Waals surface area contributed by atoms with Gasteiger partial charge in [-0.3, -0.25) is 0 Å². The summed E-state index contributed by atoms with van der Waals surface area (Å²) in [6.45, 7) is 4.37. The van der Waals surface area contributed by atoms with Crippen LogP contribution in [0.1, 0.15) is 18.3 Å². The fourth-order valence-corrected chi connectivity index (χ4v) is 1.42. The van der Waals surface area contributed by atoms with Gasteiger partial charge in [0.05, 0.1) is 0 Å². The van der Waals surface area contributed by atoms with E-state index in [0.29, 0.717) is 0 Å². The molecule has 3 nitrogen and oxygen atoms in total. The summed E-state index contributed by atoms with van der Waals surface area (Å²) in [6, 6.07) is 0. The maximum Gasteiger partial charge on any atom is 0.128 e. The summed E-state index contributed by atoms with van der Waals surface area (Å²) in [5.41, 5.74) is 1.22. The predicted octanol–water partition coefficient (Wildman–Crippen LogP) is 0.801. The monoisotopic (exact) mass is 177 g/mol. The molecule has 1 N–H and O–H groups in total. The number of hydrogen-bond donors (Lipinski definition) is 1. The highest BCUT2D eigenvalue weighted by molar-refractivity contribution is 5.05. The van der Waals surface area contributed by atoms with Gasteiger partial charge in [-0.1, -0.05) is 6.92 Å². The van der Waals surface area contributed by atoms with Crippen LogP contribution >= 0.6 is 0 Å². The van der Waals surface area contributed by atoms with E-state index in [0.717, 1.165) is 37.7 Å². The van der Waals surface area contributed by atoms with Crippen LogP contribution in [-0.4, -0.2) is 23.1 Å². The lowest BCUT2D eigenvalue weighted by Gasteiger charge is -2.26. The number of rotatable bonds is 3. The van der Waals surface area contributed by atoms with Crippen molar-refractivity contribution in [2.45, 2.75) is 19.8 Å². The van der Waals surface area contributed by atoms with Gasteiger partial charge >= 0.3 is 0 Å². The van der Waals surface area contributed by atoms with E-state index in [1.54, 1.807) is 0 Å². The molecular weight excluding hydrogens is 162 g/mol. The van der Waals surface area contributed by atoms with E-state index in [4.69, 9.17) is 0 Å². The molecule has 1 aliphatic heterocycles. The van der Waals surface area contributed by atoms with Gasteiger partial charge in [0.15, 0.2) is 0 Å². The molecule has 0 amide bonds. The molecule has 0 bridgehead atoms. The van der Waals surface area contributed by atoms with Crippen molar-refractivity contribution in [2.24, 2.45) is 5.92 Å². The minimum absolute atomic E-state index is 0.757. The van der Waals surface area contributed by atoms with Crippen molar-refractivity contribution in [1.82, 2.24) is 15.3 Å². The second-order valence-corrected chi connectivity index (χ2v) is 3.59. The van der Waals surface area contributed by atoms with Gasteiger partial charge in [-0.2, -0.15) is 0 Å². The van der Waals surface area contributed by atoms with Gasteiger partial charge in [0.25, 0.3) is 0 Å². The van der Waals surface area contributed by atoms with Crippen LogP contribution in [0.3, 0.4) is 0 Å². The number of hydrogen-bond acceptors (Lipinski definition) is 3. The van der Waals surface area contributed by atoms with Gasteiger partial charge in [-0.25, -0.2) is 9.97 Å². The average molecular weight is 177 g/mol. The zero-order valence-electron chi connectivity index (χ0n) is 7.95. The van der Waals surface area contributed by atoms with Gasteiger partial charge in [0.1, 0.15) is 5.82 Å². The summed E-state index contributed by atoms with van der Waals surface area (Å²) in [5.74, 6) is 1.75. The molecule has 2 heterocycles. The van der Waals surface area contributed by atoms with Crippen molar-refractivity contribution in [3.8, 4) is 0 Å². The Labute approximate surface area is 78.6 Å². The van der Waals surface area contributed by atoms with Crippen LogP contribution in [0.2, 0.25) is 0 Å². The molecule has 1 aromatic rings. The molecule has 1 aromatic heterocycles. The van der Waals surface area contributed by atoms with Crippen LogP contribution < -0.4 is 5.32 Å². The quantitative estimate of drug-likeness (QED) is 0.742. The zero-order chi connectivity index (χ0) is 9.10. The maximum absolute atomic E-state index is 4.33. The summed E-state index contributed by atoms with van der Waals surface area (Å²) >= 11 is 0. The highest BCUT2D eigenvalue weighted by Gasteiger charge is 2.17. The smallest absolute Gasteiger partial charge is 0.128 e. The third-order valence-electron chi connectivity index (χ3n) is 2.50. The van der Waals surface area contributed by atoms with Gasteiger partial charge in [-0.15, -0.1) is 0 Å². The van der Waals surface area contributed by atoms with E-state index in [-0.39, 0.29) is 0 Å². The molecule has 0 aromatic carbocycles. The highest BCUT2D eigenvalue weighted by atomic mass is 15.0. The third kappa shape index (κ3) is 2.04. The molecule has 70 valence electrons. The molecule has 1 saturated heterocycles. The van der Waals surface area contributed by atoms with E-state index < -0.39 is 0 Å². The first-order valence-corrected chi connectivity index (χ1v) is 4.89. The molecule has 0 atom stereocenters. The lowest BCUT2D eigenvalue weighted by atomic mass is 9.99. The van der Waals surface area contributed by atoms with E-state index in [1.807, 2.05) is 12.4 Å². The Hall–Kier alpha value is -0.960. The molecule has 0 aliphatic carbocycles. The number of aromatic nitrogens is 2. The van der Waals surface area contributed by atoms with Crippen molar-refractivity contribution >= 4 is 0 Å². The van der Waals surface area contributed by atoms with Gasteiger partial charge in [0.2, 0.25) is 0 Å². The Balaban J connectivity index is 1.96. The van der Waals surface area contributed by atoms with Crippen molar-refractivity contribution in [1.29, 1.82) is 0 Å².